The standard InChI is InChI=1S/C30H28BrClN4O4/c1-19(2)40-23-11-9-22(10-12-23)36-27(28(37)33-17-20-6-4-3-5-7-20)26-18-34(14-15-35(26)30(36)39)29(38)21-8-13-24(31)25(32)16-21/h3-13,16,19H,14-15,17-18H2,1-2H3,(H,33,37). The van der Waals surface area contributed by atoms with Gasteiger partial charge in [0.1, 0.15) is 11.4 Å². The van der Waals surface area contributed by atoms with E-state index in [1.54, 1.807) is 51.9 Å². The zero-order chi connectivity index (χ0) is 28.4. The minimum Gasteiger partial charge on any atom is -0.491 e. The molecule has 0 radical (unpaired) electrons. The fourth-order valence-electron chi connectivity index (χ4n) is 4.73. The van der Waals surface area contributed by atoms with Gasteiger partial charge in [0, 0.05) is 29.7 Å². The quantitative estimate of drug-likeness (QED) is 0.298. The van der Waals surface area contributed by atoms with Crippen LogP contribution in [0.1, 0.15) is 46.0 Å². The van der Waals surface area contributed by atoms with Crippen LogP contribution in [0.4, 0.5) is 0 Å². The van der Waals surface area contributed by atoms with E-state index >= 15 is 0 Å². The van der Waals surface area contributed by atoms with E-state index in [4.69, 9.17) is 16.3 Å². The van der Waals surface area contributed by atoms with Crippen molar-refractivity contribution in [2.24, 2.45) is 0 Å². The first-order valence-corrected chi connectivity index (χ1v) is 14.1. The summed E-state index contributed by atoms with van der Waals surface area (Å²) in [5.74, 6) is 0.0284. The largest absolute Gasteiger partial charge is 0.491 e. The van der Waals surface area contributed by atoms with Gasteiger partial charge in [-0.2, -0.15) is 0 Å². The van der Waals surface area contributed by atoms with E-state index in [1.165, 1.54) is 4.57 Å². The van der Waals surface area contributed by atoms with Crippen LogP contribution in [0.3, 0.4) is 0 Å². The Labute approximate surface area is 245 Å². The minimum atomic E-state index is -0.404. The Morgan fingerprint density at radius 1 is 1.02 bits per heavy atom. The van der Waals surface area contributed by atoms with Crippen molar-refractivity contribution in [2.75, 3.05) is 6.54 Å². The van der Waals surface area contributed by atoms with Crippen LogP contribution in [0.2, 0.25) is 5.02 Å². The van der Waals surface area contributed by atoms with Gasteiger partial charge in [0.25, 0.3) is 11.8 Å². The first-order valence-electron chi connectivity index (χ1n) is 12.9. The summed E-state index contributed by atoms with van der Waals surface area (Å²) in [6, 6.07) is 21.6. The van der Waals surface area contributed by atoms with Crippen LogP contribution in [-0.4, -0.2) is 38.5 Å². The average molecular weight is 624 g/mol. The number of nitrogens with one attached hydrogen (secondary N) is 1. The fourth-order valence-corrected chi connectivity index (χ4v) is 5.15. The van der Waals surface area contributed by atoms with Gasteiger partial charge in [-0.3, -0.25) is 18.7 Å². The SMILES string of the molecule is CC(C)Oc1ccc(-n2c(C(=O)NCc3ccccc3)c3n(c2=O)CCN(C(=O)c2ccc(Br)c(Cl)c2)C3)cc1. The Bertz CT molecular complexity index is 1610. The van der Waals surface area contributed by atoms with Crippen molar-refractivity contribution < 1.29 is 14.3 Å². The lowest BCUT2D eigenvalue weighted by atomic mass is 10.1. The number of aromatic nitrogens is 2. The van der Waals surface area contributed by atoms with E-state index in [2.05, 4.69) is 21.2 Å². The highest BCUT2D eigenvalue weighted by Crippen LogP contribution is 2.26. The molecule has 10 heteroatoms. The number of amides is 2. The van der Waals surface area contributed by atoms with Gasteiger partial charge in [-0.25, -0.2) is 4.79 Å². The monoisotopic (exact) mass is 622 g/mol. The van der Waals surface area contributed by atoms with E-state index < -0.39 is 5.91 Å². The van der Waals surface area contributed by atoms with Gasteiger partial charge in [-0.15, -0.1) is 0 Å². The number of ether oxygens (including phenoxy) is 1. The molecule has 0 atom stereocenters. The Balaban J connectivity index is 1.53. The van der Waals surface area contributed by atoms with Gasteiger partial charge in [0.15, 0.2) is 0 Å². The normalized spacial score (nSPS) is 12.8. The molecule has 5 rings (SSSR count). The summed E-state index contributed by atoms with van der Waals surface area (Å²) in [7, 11) is 0. The molecule has 0 saturated carbocycles. The highest BCUT2D eigenvalue weighted by atomic mass is 79.9. The molecule has 0 aliphatic carbocycles. The molecule has 40 heavy (non-hydrogen) atoms. The van der Waals surface area contributed by atoms with Crippen molar-refractivity contribution in [1.29, 1.82) is 0 Å². The second kappa shape index (κ2) is 11.7. The third-order valence-electron chi connectivity index (χ3n) is 6.61. The Kier molecular flexibility index (Phi) is 8.14. The van der Waals surface area contributed by atoms with Crippen molar-refractivity contribution in [3.63, 3.8) is 0 Å². The first kappa shape index (κ1) is 27.7. The van der Waals surface area contributed by atoms with Gasteiger partial charge in [0.2, 0.25) is 0 Å². The van der Waals surface area contributed by atoms with Crippen LogP contribution in [0, 0.1) is 0 Å². The van der Waals surface area contributed by atoms with Gasteiger partial charge in [-0.05, 0) is 77.8 Å². The maximum atomic E-state index is 13.7. The number of hydrogen-bond acceptors (Lipinski definition) is 4. The van der Waals surface area contributed by atoms with Crippen LogP contribution < -0.4 is 15.7 Å². The third-order valence-corrected chi connectivity index (χ3v) is 7.84. The molecule has 0 fully saturated rings. The molecule has 206 valence electrons. The van der Waals surface area contributed by atoms with E-state index in [-0.39, 0.29) is 36.5 Å². The van der Waals surface area contributed by atoms with E-state index in [0.717, 1.165) is 5.56 Å². The van der Waals surface area contributed by atoms with Gasteiger partial charge < -0.3 is 15.0 Å². The highest BCUT2D eigenvalue weighted by molar-refractivity contribution is 9.10. The molecule has 0 bridgehead atoms. The topological polar surface area (TPSA) is 85.6 Å². The number of fused-ring (bicyclic) bond motifs is 1. The summed E-state index contributed by atoms with van der Waals surface area (Å²) in [6.45, 7) is 4.83. The van der Waals surface area contributed by atoms with Crippen molar-refractivity contribution in [3.8, 4) is 11.4 Å². The maximum absolute atomic E-state index is 13.7. The van der Waals surface area contributed by atoms with Gasteiger partial charge in [0.05, 0.1) is 29.1 Å². The zero-order valence-electron chi connectivity index (χ0n) is 22.1. The molecule has 1 N–H and O–H groups in total. The Hall–Kier alpha value is -3.82. The number of imidazole rings is 1. The van der Waals surface area contributed by atoms with Gasteiger partial charge >= 0.3 is 5.69 Å². The van der Waals surface area contributed by atoms with Crippen LogP contribution in [-0.2, 0) is 19.6 Å². The highest BCUT2D eigenvalue weighted by Gasteiger charge is 2.32. The molecule has 8 nitrogen and oxygen atoms in total. The summed E-state index contributed by atoms with van der Waals surface area (Å²) < 4.78 is 9.44. The second-order valence-electron chi connectivity index (χ2n) is 9.75. The van der Waals surface area contributed by atoms with Crippen molar-refractivity contribution >= 4 is 39.3 Å². The molecule has 1 aliphatic heterocycles. The van der Waals surface area contributed by atoms with E-state index in [9.17, 15) is 14.4 Å². The predicted molar refractivity (Wildman–Crippen MR) is 157 cm³/mol. The van der Waals surface area contributed by atoms with Crippen LogP contribution in [0.25, 0.3) is 5.69 Å². The Morgan fingerprint density at radius 3 is 2.42 bits per heavy atom. The number of rotatable bonds is 7. The molecule has 3 aromatic carbocycles. The number of benzene rings is 3. The van der Waals surface area contributed by atoms with Crippen molar-refractivity contribution in [1.82, 2.24) is 19.4 Å². The molecular formula is C30H28BrClN4O4. The van der Waals surface area contributed by atoms with Crippen LogP contribution >= 0.6 is 27.5 Å². The van der Waals surface area contributed by atoms with Gasteiger partial charge in [-0.1, -0.05) is 41.9 Å². The van der Waals surface area contributed by atoms with E-state index in [0.29, 0.717) is 45.3 Å². The predicted octanol–water partition coefficient (Wildman–Crippen LogP) is 5.43. The first-order chi connectivity index (χ1) is 19.2. The number of nitrogens with zero attached hydrogens (tertiary/aromatic N) is 3. The lowest BCUT2D eigenvalue weighted by Crippen LogP contribution is -2.41. The van der Waals surface area contributed by atoms with Crippen molar-refractivity contribution in [2.45, 2.75) is 39.6 Å². The molecular weight excluding hydrogens is 596 g/mol. The molecule has 1 aromatic heterocycles. The smallest absolute Gasteiger partial charge is 0.333 e. The summed E-state index contributed by atoms with van der Waals surface area (Å²) >= 11 is 9.58. The summed E-state index contributed by atoms with van der Waals surface area (Å²) in [5.41, 5.74) is 2.23. The number of halogens is 2. The fraction of sp³-hybridized carbons (Fsp3) is 0.233. The number of hydrogen-bond donors (Lipinski definition) is 1. The van der Waals surface area contributed by atoms with E-state index in [1.807, 2.05) is 44.2 Å². The average Bonchev–Trinajstić information content (AvgIpc) is 3.25. The molecule has 2 heterocycles. The molecule has 0 saturated heterocycles. The molecule has 0 spiro atoms. The third kappa shape index (κ3) is 5.71. The summed E-state index contributed by atoms with van der Waals surface area (Å²) in [4.78, 5) is 42.4. The minimum absolute atomic E-state index is 0.00109. The number of carbonyl (C=O) groups excluding carboxylic acids is 2. The lowest BCUT2D eigenvalue weighted by molar-refractivity contribution is 0.0706. The summed E-state index contributed by atoms with van der Waals surface area (Å²) in [6.07, 6.45) is -0.00109. The maximum Gasteiger partial charge on any atom is 0.333 e. The lowest BCUT2D eigenvalue weighted by Gasteiger charge is -2.28. The van der Waals surface area contributed by atoms with Crippen LogP contribution in [0.5, 0.6) is 5.75 Å². The Morgan fingerprint density at radius 2 is 1.75 bits per heavy atom. The molecule has 2 amide bonds. The molecule has 1 aliphatic rings. The number of carbonyl (C=O) groups is 2. The molecule has 4 aromatic rings. The van der Waals surface area contributed by atoms with Crippen molar-refractivity contribution in [3.05, 3.63) is 115 Å². The van der Waals surface area contributed by atoms with Crippen LogP contribution in [0.15, 0.2) is 82.1 Å². The zero-order valence-corrected chi connectivity index (χ0v) is 24.4. The molecule has 0 unspecified atom stereocenters. The second-order valence-corrected chi connectivity index (χ2v) is 11.0. The summed E-state index contributed by atoms with van der Waals surface area (Å²) in [5, 5.41) is 3.38.